The molecule has 0 radical (unpaired) electrons. The van der Waals surface area contributed by atoms with Gasteiger partial charge in [0.2, 0.25) is 17.7 Å². The smallest absolute Gasteiger partial charge is 0.329 e. The Kier molecular flexibility index (Phi) is 13.7. The molecule has 2 aromatic carbocycles. The van der Waals surface area contributed by atoms with Crippen molar-refractivity contribution in [3.63, 3.8) is 0 Å². The fourth-order valence-corrected chi connectivity index (χ4v) is 6.49. The summed E-state index contributed by atoms with van der Waals surface area (Å²) in [5.74, 6) is -2.46. The minimum absolute atomic E-state index is 0.195. The second-order valence-electron chi connectivity index (χ2n) is 11.0. The van der Waals surface area contributed by atoms with Gasteiger partial charge in [0.15, 0.2) is 6.61 Å². The van der Waals surface area contributed by atoms with Crippen molar-refractivity contribution in [3.8, 4) is 0 Å². The second kappa shape index (κ2) is 17.4. The number of amides is 4. The monoisotopic (exact) mass is 624 g/mol. The van der Waals surface area contributed by atoms with Crippen LogP contribution >= 0.6 is 11.8 Å². The van der Waals surface area contributed by atoms with Crippen molar-refractivity contribution in [2.24, 2.45) is 11.8 Å². The largest absolute Gasteiger partial charge is 0.454 e. The highest BCUT2D eigenvalue weighted by Crippen LogP contribution is 2.27. The van der Waals surface area contributed by atoms with Crippen LogP contribution in [0, 0.1) is 11.8 Å². The van der Waals surface area contributed by atoms with E-state index in [-0.39, 0.29) is 17.7 Å². The van der Waals surface area contributed by atoms with Gasteiger partial charge in [0, 0.05) is 37.2 Å². The quantitative estimate of drug-likeness (QED) is 0.205. The van der Waals surface area contributed by atoms with Gasteiger partial charge in [-0.3, -0.25) is 19.2 Å². The number of esters is 1. The van der Waals surface area contributed by atoms with E-state index in [1.54, 1.807) is 23.6 Å². The third kappa shape index (κ3) is 10.1. The average Bonchev–Trinajstić information content (AvgIpc) is 3.53. The van der Waals surface area contributed by atoms with E-state index in [4.69, 9.17) is 4.74 Å². The lowest BCUT2D eigenvalue weighted by Crippen LogP contribution is -2.52. The molecule has 2 aromatic rings. The van der Waals surface area contributed by atoms with Gasteiger partial charge in [-0.25, -0.2) is 4.79 Å². The maximum Gasteiger partial charge on any atom is 0.329 e. The van der Waals surface area contributed by atoms with Gasteiger partial charge in [-0.1, -0.05) is 62.4 Å². The maximum absolute atomic E-state index is 14.2. The van der Waals surface area contributed by atoms with Crippen molar-refractivity contribution in [1.82, 2.24) is 20.9 Å². The van der Waals surface area contributed by atoms with Crippen molar-refractivity contribution in [2.75, 3.05) is 26.0 Å². The van der Waals surface area contributed by atoms with Crippen LogP contribution in [0.2, 0.25) is 0 Å². The molecule has 0 aromatic heterocycles. The molecule has 0 aliphatic carbocycles. The predicted molar refractivity (Wildman–Crippen MR) is 170 cm³/mol. The third-order valence-corrected chi connectivity index (χ3v) is 9.00. The summed E-state index contributed by atoms with van der Waals surface area (Å²) in [7, 11) is 1.54. The Bertz CT molecular complexity index is 1260. The lowest BCUT2D eigenvalue weighted by Gasteiger charge is -2.32. The van der Waals surface area contributed by atoms with E-state index in [1.165, 1.54) is 14.0 Å². The van der Waals surface area contributed by atoms with Crippen molar-refractivity contribution >= 4 is 41.4 Å². The molecule has 11 heteroatoms. The number of rotatable bonds is 15. The SMILES string of the molecule is CCC(NC(=O)COC(=O)[C@@H]1CCCN1C(=O)[C@@H](Cc1ccccc1)[C@@H](CSc1ccccc1)NC(C)=O)[C@H](C)C(=O)NC. The summed E-state index contributed by atoms with van der Waals surface area (Å²) in [5.41, 5.74) is 0.942. The Labute approximate surface area is 264 Å². The summed E-state index contributed by atoms with van der Waals surface area (Å²) >= 11 is 1.55. The number of nitrogens with one attached hydrogen (secondary N) is 3. The molecular weight excluding hydrogens is 580 g/mol. The molecule has 0 spiro atoms. The summed E-state index contributed by atoms with van der Waals surface area (Å²) in [6.07, 6.45) is 1.93. The average molecular weight is 625 g/mol. The summed E-state index contributed by atoms with van der Waals surface area (Å²) in [5, 5.41) is 8.34. The lowest BCUT2D eigenvalue weighted by molar-refractivity contribution is -0.157. The number of likely N-dealkylation sites (tertiary alicyclic amines) is 1. The van der Waals surface area contributed by atoms with Gasteiger partial charge >= 0.3 is 5.97 Å². The van der Waals surface area contributed by atoms with Crippen LogP contribution in [0.25, 0.3) is 0 Å². The number of ether oxygens (including phenoxy) is 1. The Morgan fingerprint density at radius 3 is 2.25 bits per heavy atom. The van der Waals surface area contributed by atoms with E-state index in [9.17, 15) is 24.0 Å². The van der Waals surface area contributed by atoms with Gasteiger partial charge in [0.25, 0.3) is 5.91 Å². The minimum atomic E-state index is -0.833. The molecule has 3 rings (SSSR count). The zero-order chi connectivity index (χ0) is 32.1. The van der Waals surface area contributed by atoms with Gasteiger partial charge in [0.05, 0.1) is 17.9 Å². The van der Waals surface area contributed by atoms with Gasteiger partial charge in [-0.05, 0) is 43.4 Å². The first-order chi connectivity index (χ1) is 21.1. The topological polar surface area (TPSA) is 134 Å². The van der Waals surface area contributed by atoms with Crippen LogP contribution in [-0.2, 0) is 35.1 Å². The van der Waals surface area contributed by atoms with Crippen LogP contribution in [0.3, 0.4) is 0 Å². The molecule has 0 bridgehead atoms. The number of thioether (sulfide) groups is 1. The Morgan fingerprint density at radius 1 is 0.977 bits per heavy atom. The number of benzene rings is 2. The number of hydrogen-bond acceptors (Lipinski definition) is 7. The van der Waals surface area contributed by atoms with Gasteiger partial charge in [-0.15, -0.1) is 11.8 Å². The van der Waals surface area contributed by atoms with Crippen LogP contribution in [0.15, 0.2) is 65.6 Å². The van der Waals surface area contributed by atoms with Crippen molar-refractivity contribution < 1.29 is 28.7 Å². The summed E-state index contributed by atoms with van der Waals surface area (Å²) in [4.78, 5) is 66.9. The standard InChI is InChI=1S/C33H44N4O6S/c1-5-27(22(2)31(40)34-4)36-30(39)20-43-33(42)29-17-12-18-37(29)32(41)26(19-24-13-8-6-9-14-24)28(35-23(3)38)21-44-25-15-10-7-11-16-25/h6-11,13-16,22,26-29H,5,12,17-21H2,1-4H3,(H,34,40)(H,35,38)(H,36,39)/t22-,26-,27?,28+,29-/m0/s1. The fourth-order valence-electron chi connectivity index (χ4n) is 5.45. The van der Waals surface area contributed by atoms with Gasteiger partial charge in [-0.2, -0.15) is 0 Å². The molecule has 4 amide bonds. The third-order valence-electron chi connectivity index (χ3n) is 7.87. The molecule has 1 heterocycles. The molecule has 1 unspecified atom stereocenters. The molecule has 3 N–H and O–H groups in total. The number of carbonyl (C=O) groups is 5. The molecule has 10 nitrogen and oxygen atoms in total. The lowest BCUT2D eigenvalue weighted by atomic mass is 9.91. The van der Waals surface area contributed by atoms with Crippen molar-refractivity contribution in [1.29, 1.82) is 0 Å². The van der Waals surface area contributed by atoms with E-state index < -0.39 is 48.4 Å². The second-order valence-corrected chi connectivity index (χ2v) is 12.1. The molecular formula is C33H44N4O6S. The fraction of sp³-hybridized carbons (Fsp3) is 0.485. The van der Waals surface area contributed by atoms with E-state index in [1.807, 2.05) is 67.6 Å². The number of carbonyl (C=O) groups excluding carboxylic acids is 5. The molecule has 1 fully saturated rings. The van der Waals surface area contributed by atoms with E-state index in [2.05, 4.69) is 16.0 Å². The Balaban J connectivity index is 1.74. The highest BCUT2D eigenvalue weighted by Gasteiger charge is 2.41. The number of hydrogen-bond donors (Lipinski definition) is 3. The highest BCUT2D eigenvalue weighted by atomic mass is 32.2. The summed E-state index contributed by atoms with van der Waals surface area (Å²) < 4.78 is 5.39. The van der Waals surface area contributed by atoms with E-state index >= 15 is 0 Å². The van der Waals surface area contributed by atoms with Gasteiger partial charge in [0.1, 0.15) is 6.04 Å². The van der Waals surface area contributed by atoms with E-state index in [0.717, 1.165) is 10.5 Å². The van der Waals surface area contributed by atoms with Crippen LogP contribution in [-0.4, -0.2) is 78.6 Å². The molecule has 44 heavy (non-hydrogen) atoms. The molecule has 1 saturated heterocycles. The Hall–Kier alpha value is -3.86. The first-order valence-electron chi connectivity index (χ1n) is 15.1. The molecule has 238 valence electrons. The molecule has 1 aliphatic rings. The van der Waals surface area contributed by atoms with Crippen LogP contribution in [0.4, 0.5) is 0 Å². The van der Waals surface area contributed by atoms with Gasteiger partial charge < -0.3 is 25.6 Å². The molecule has 5 atom stereocenters. The summed E-state index contributed by atoms with van der Waals surface area (Å²) in [6.45, 7) is 4.88. The van der Waals surface area contributed by atoms with Crippen molar-refractivity contribution in [3.05, 3.63) is 66.2 Å². The van der Waals surface area contributed by atoms with Crippen LogP contribution in [0.1, 0.15) is 45.6 Å². The van der Waals surface area contributed by atoms with Crippen LogP contribution in [0.5, 0.6) is 0 Å². The van der Waals surface area contributed by atoms with Crippen molar-refractivity contribution in [2.45, 2.75) is 69.5 Å². The summed E-state index contributed by atoms with van der Waals surface area (Å²) in [6, 6.07) is 17.6. The normalized spacial score (nSPS) is 17.1. The number of nitrogens with zero attached hydrogens (tertiary/aromatic N) is 1. The highest BCUT2D eigenvalue weighted by molar-refractivity contribution is 7.99. The molecule has 1 aliphatic heterocycles. The zero-order valence-corrected chi connectivity index (χ0v) is 26.7. The first-order valence-corrected chi connectivity index (χ1v) is 16.1. The zero-order valence-electron chi connectivity index (χ0n) is 25.9. The van der Waals surface area contributed by atoms with E-state index in [0.29, 0.717) is 38.0 Å². The maximum atomic E-state index is 14.2. The molecule has 0 saturated carbocycles. The Morgan fingerprint density at radius 2 is 1.64 bits per heavy atom. The van der Waals surface area contributed by atoms with Crippen LogP contribution < -0.4 is 16.0 Å². The first kappa shape index (κ1) is 34.6. The predicted octanol–water partition coefficient (Wildman–Crippen LogP) is 2.95. The minimum Gasteiger partial charge on any atom is -0.454 e.